The molecule has 0 aliphatic carbocycles. The minimum Gasteiger partial charge on any atom is -0.377 e. The lowest BCUT2D eigenvalue weighted by Crippen LogP contribution is -2.52. The van der Waals surface area contributed by atoms with Crippen LogP contribution in [0, 0.1) is 3.57 Å². The number of hydrogen-bond donors (Lipinski definition) is 0. The summed E-state index contributed by atoms with van der Waals surface area (Å²) in [4.78, 5) is 0. The molecular weight excluding hydrogens is 420 g/mol. The maximum Gasteiger partial charge on any atom is 0.459 e. The first kappa shape index (κ1) is 18.5. The molecule has 9 heteroatoms. The van der Waals surface area contributed by atoms with Crippen LogP contribution in [-0.2, 0) is 4.74 Å². The number of methoxy groups -OCH3 is 1. The number of rotatable bonds is 5. The van der Waals surface area contributed by atoms with Crippen molar-refractivity contribution in [3.63, 3.8) is 0 Å². The molecule has 21 heavy (non-hydrogen) atoms. The predicted molar refractivity (Wildman–Crippen MR) is 69.5 cm³/mol. The summed E-state index contributed by atoms with van der Waals surface area (Å²) in [7, 11) is 0.963. The third kappa shape index (κ3) is 3.99. The van der Waals surface area contributed by atoms with E-state index < -0.39 is 30.5 Å². The average Bonchev–Trinajstić information content (AvgIpc) is 2.35. The Morgan fingerprint density at radius 2 is 1.48 bits per heavy atom. The first-order valence-electron chi connectivity index (χ1n) is 5.53. The van der Waals surface area contributed by atoms with E-state index in [1.807, 2.05) is 22.6 Å². The molecule has 0 aromatic heterocycles. The van der Waals surface area contributed by atoms with Crippen molar-refractivity contribution in [2.24, 2.45) is 0 Å². The van der Waals surface area contributed by atoms with Gasteiger partial charge in [0.15, 0.2) is 0 Å². The van der Waals surface area contributed by atoms with Gasteiger partial charge in [-0.05, 0) is 40.3 Å². The van der Waals surface area contributed by atoms with Gasteiger partial charge in [0.05, 0.1) is 6.10 Å². The van der Waals surface area contributed by atoms with Crippen molar-refractivity contribution in [3.8, 4) is 0 Å². The molecule has 0 N–H and O–H groups in total. The molecule has 0 bridgehead atoms. The van der Waals surface area contributed by atoms with Crippen LogP contribution < -0.4 is 0 Å². The smallest absolute Gasteiger partial charge is 0.377 e. The number of halogens is 8. The number of ether oxygens (including phenoxy) is 1. The van der Waals surface area contributed by atoms with Crippen molar-refractivity contribution in [1.82, 2.24) is 0 Å². The molecule has 0 aliphatic heterocycles. The van der Waals surface area contributed by atoms with Gasteiger partial charge in [0.25, 0.3) is 0 Å². The van der Waals surface area contributed by atoms with Crippen LogP contribution in [0.4, 0.5) is 30.7 Å². The second-order valence-electron chi connectivity index (χ2n) is 4.26. The fourth-order valence-electron chi connectivity index (χ4n) is 1.58. The molecular formula is C12H10F7IO. The van der Waals surface area contributed by atoms with Crippen molar-refractivity contribution >= 4 is 22.6 Å². The van der Waals surface area contributed by atoms with Crippen molar-refractivity contribution in [2.45, 2.75) is 30.5 Å². The Morgan fingerprint density at radius 3 is 1.86 bits per heavy atom. The lowest BCUT2D eigenvalue weighted by molar-refractivity contribution is -0.358. The van der Waals surface area contributed by atoms with Crippen LogP contribution in [0.5, 0.6) is 0 Å². The van der Waals surface area contributed by atoms with Gasteiger partial charge in [-0.3, -0.25) is 0 Å². The summed E-state index contributed by atoms with van der Waals surface area (Å²) in [6, 6.07) is 5.67. The van der Waals surface area contributed by atoms with Crippen molar-refractivity contribution < 1.29 is 35.5 Å². The zero-order valence-electron chi connectivity index (χ0n) is 10.5. The molecule has 1 rings (SSSR count). The van der Waals surface area contributed by atoms with E-state index in [2.05, 4.69) is 4.74 Å². The van der Waals surface area contributed by atoms with Gasteiger partial charge in [0.1, 0.15) is 0 Å². The first-order valence-corrected chi connectivity index (χ1v) is 6.61. The number of benzene rings is 1. The van der Waals surface area contributed by atoms with E-state index in [1.54, 1.807) is 0 Å². The molecule has 0 amide bonds. The minimum absolute atomic E-state index is 0.0931. The van der Waals surface area contributed by atoms with Crippen LogP contribution in [0.25, 0.3) is 0 Å². The van der Waals surface area contributed by atoms with Crippen LogP contribution >= 0.6 is 22.6 Å². The molecule has 1 aromatic carbocycles. The second kappa shape index (κ2) is 6.27. The molecule has 0 heterocycles. The van der Waals surface area contributed by atoms with Gasteiger partial charge in [-0.1, -0.05) is 12.1 Å². The Balaban J connectivity index is 3.02. The SMILES string of the molecule is COC(CC(F)(F)C(F)(F)C(F)(F)F)c1ccc(I)cc1. The summed E-state index contributed by atoms with van der Waals surface area (Å²) in [5, 5.41) is 0. The molecule has 0 aliphatic rings. The molecule has 1 atom stereocenters. The van der Waals surface area contributed by atoms with Gasteiger partial charge in [0.2, 0.25) is 0 Å². The van der Waals surface area contributed by atoms with Crippen LogP contribution in [0.1, 0.15) is 18.1 Å². The Hall–Kier alpha value is -0.580. The highest BCUT2D eigenvalue weighted by molar-refractivity contribution is 14.1. The fraction of sp³-hybridized carbons (Fsp3) is 0.500. The highest BCUT2D eigenvalue weighted by atomic mass is 127. The third-order valence-corrected chi connectivity index (χ3v) is 3.50. The predicted octanol–water partition coefficient (Wildman–Crippen LogP) is 5.20. The average molecular weight is 430 g/mol. The van der Waals surface area contributed by atoms with Gasteiger partial charge in [-0.15, -0.1) is 0 Å². The molecule has 0 saturated carbocycles. The molecule has 0 saturated heterocycles. The minimum atomic E-state index is -6.33. The van der Waals surface area contributed by atoms with Gasteiger partial charge >= 0.3 is 18.0 Å². The van der Waals surface area contributed by atoms with Crippen LogP contribution in [0.15, 0.2) is 24.3 Å². The van der Waals surface area contributed by atoms with Gasteiger partial charge in [-0.25, -0.2) is 0 Å². The molecule has 120 valence electrons. The standard InChI is InChI=1S/C12H10F7IO/c1-21-9(7-2-4-8(20)5-3-7)6-10(13,14)11(15,16)12(17,18)19/h2-5,9H,6H2,1H3. The molecule has 1 aromatic rings. The molecule has 0 spiro atoms. The largest absolute Gasteiger partial charge is 0.459 e. The molecule has 1 unspecified atom stereocenters. The summed E-state index contributed by atoms with van der Waals surface area (Å²) in [6.45, 7) is 0. The van der Waals surface area contributed by atoms with Gasteiger partial charge in [0, 0.05) is 17.1 Å². The summed E-state index contributed by atoms with van der Waals surface area (Å²) in [6.07, 6.45) is -9.69. The van der Waals surface area contributed by atoms with Gasteiger partial charge < -0.3 is 4.74 Å². The fourth-order valence-corrected chi connectivity index (χ4v) is 1.94. The maximum absolute atomic E-state index is 13.3. The maximum atomic E-state index is 13.3. The first-order chi connectivity index (χ1) is 9.42. The Labute approximate surface area is 129 Å². The van der Waals surface area contributed by atoms with Crippen LogP contribution in [0.3, 0.4) is 0 Å². The van der Waals surface area contributed by atoms with E-state index in [-0.39, 0.29) is 5.56 Å². The lowest BCUT2D eigenvalue weighted by Gasteiger charge is -2.30. The third-order valence-electron chi connectivity index (χ3n) is 2.78. The topological polar surface area (TPSA) is 9.23 Å². The second-order valence-corrected chi connectivity index (χ2v) is 5.50. The van der Waals surface area contributed by atoms with Crippen molar-refractivity contribution in [1.29, 1.82) is 0 Å². The lowest BCUT2D eigenvalue weighted by atomic mass is 9.98. The highest BCUT2D eigenvalue weighted by Gasteiger charge is 2.73. The summed E-state index contributed by atoms with van der Waals surface area (Å²) >= 11 is 1.93. The monoisotopic (exact) mass is 430 g/mol. The molecule has 0 fully saturated rings. The molecule has 0 radical (unpaired) electrons. The Morgan fingerprint density at radius 1 is 1.00 bits per heavy atom. The van der Waals surface area contributed by atoms with Crippen LogP contribution in [-0.4, -0.2) is 25.1 Å². The van der Waals surface area contributed by atoms with E-state index >= 15 is 0 Å². The normalized spacial score (nSPS) is 15.1. The molecule has 1 nitrogen and oxygen atoms in total. The van der Waals surface area contributed by atoms with E-state index in [1.165, 1.54) is 24.3 Å². The van der Waals surface area contributed by atoms with E-state index in [0.29, 0.717) is 0 Å². The van der Waals surface area contributed by atoms with E-state index in [4.69, 9.17) is 0 Å². The summed E-state index contributed by atoms with van der Waals surface area (Å²) in [5.41, 5.74) is 0.0931. The quantitative estimate of drug-likeness (QED) is 0.461. The zero-order chi connectivity index (χ0) is 16.5. The number of hydrogen-bond acceptors (Lipinski definition) is 1. The Kier molecular flexibility index (Phi) is 5.51. The highest BCUT2D eigenvalue weighted by Crippen LogP contribution is 2.50. The number of alkyl halides is 7. The van der Waals surface area contributed by atoms with E-state index in [9.17, 15) is 30.7 Å². The van der Waals surface area contributed by atoms with Gasteiger partial charge in [-0.2, -0.15) is 30.7 Å². The van der Waals surface area contributed by atoms with Crippen molar-refractivity contribution in [3.05, 3.63) is 33.4 Å². The van der Waals surface area contributed by atoms with E-state index in [0.717, 1.165) is 10.7 Å². The summed E-state index contributed by atoms with van der Waals surface area (Å²) < 4.78 is 94.0. The van der Waals surface area contributed by atoms with Crippen molar-refractivity contribution in [2.75, 3.05) is 7.11 Å². The zero-order valence-corrected chi connectivity index (χ0v) is 12.7. The Bertz CT molecular complexity index is 469. The summed E-state index contributed by atoms with van der Waals surface area (Å²) in [5.74, 6) is -11.4. The van der Waals surface area contributed by atoms with Crippen LogP contribution in [0.2, 0.25) is 0 Å².